The van der Waals surface area contributed by atoms with Crippen LogP contribution in [-0.2, 0) is 54.1 Å². The van der Waals surface area contributed by atoms with Crippen LogP contribution in [0.1, 0.15) is 46.6 Å². The molecule has 3 rings (SSSR count). The van der Waals surface area contributed by atoms with Crippen LogP contribution in [0.5, 0.6) is 5.75 Å². The molecule has 0 amide bonds. The number of carbonyl (C=O) groups is 5. The zero-order valence-corrected chi connectivity index (χ0v) is 23.6. The van der Waals surface area contributed by atoms with Crippen LogP contribution in [0, 0.1) is 0 Å². The van der Waals surface area contributed by atoms with Crippen LogP contribution in [-0.4, -0.2) is 67.0 Å². The van der Waals surface area contributed by atoms with Crippen LogP contribution >= 0.6 is 0 Å². The third kappa shape index (κ3) is 9.14. The quantitative estimate of drug-likeness (QED) is 0.236. The maximum atomic E-state index is 12.1. The van der Waals surface area contributed by atoms with Gasteiger partial charge in [0.25, 0.3) is 0 Å². The Morgan fingerprint density at radius 3 is 1.85 bits per heavy atom. The Morgan fingerprint density at radius 1 is 0.707 bits per heavy atom. The van der Waals surface area contributed by atoms with E-state index in [4.69, 9.17) is 28.4 Å². The molecule has 0 saturated carbocycles. The van der Waals surface area contributed by atoms with E-state index >= 15 is 0 Å². The lowest BCUT2D eigenvalue weighted by Gasteiger charge is -2.44. The molecule has 0 bridgehead atoms. The Balaban J connectivity index is 1.96. The third-order valence-electron chi connectivity index (χ3n) is 6.14. The standard InChI is InChI=1S/C30H34O11/c1-6-27(35)40-24-12-8-11-23(15-24)22-10-7-9-21(13-22)14-25-28(37-18(3)32)30(39-20(5)34)29(38-19(4)33)26(41-25)16-36-17(2)31/h7-13,15,25-26,28-30H,6,14,16H2,1-5H3/t25-,26-,28-,29-,30-/m1/s1. The number of rotatable bonds is 10. The van der Waals surface area contributed by atoms with Gasteiger partial charge < -0.3 is 28.4 Å². The summed E-state index contributed by atoms with van der Waals surface area (Å²) in [6.45, 7) is 6.19. The molecule has 2 aromatic rings. The van der Waals surface area contributed by atoms with E-state index in [0.29, 0.717) is 5.75 Å². The molecular weight excluding hydrogens is 536 g/mol. The van der Waals surface area contributed by atoms with E-state index in [1.807, 2.05) is 30.3 Å². The van der Waals surface area contributed by atoms with Crippen LogP contribution in [0.25, 0.3) is 11.1 Å². The summed E-state index contributed by atoms with van der Waals surface area (Å²) in [7, 11) is 0. The number of esters is 5. The molecule has 1 aliphatic rings. The summed E-state index contributed by atoms with van der Waals surface area (Å²) in [5, 5.41) is 0. The fourth-order valence-electron chi connectivity index (χ4n) is 4.54. The molecule has 220 valence electrons. The Kier molecular flexibility index (Phi) is 11.0. The largest absolute Gasteiger partial charge is 0.463 e. The van der Waals surface area contributed by atoms with Crippen molar-refractivity contribution in [1.29, 1.82) is 0 Å². The fourth-order valence-corrected chi connectivity index (χ4v) is 4.54. The molecule has 1 fully saturated rings. The molecule has 0 unspecified atom stereocenters. The molecule has 11 nitrogen and oxygen atoms in total. The number of hydrogen-bond acceptors (Lipinski definition) is 11. The molecule has 1 heterocycles. The van der Waals surface area contributed by atoms with Gasteiger partial charge in [-0.15, -0.1) is 0 Å². The summed E-state index contributed by atoms with van der Waals surface area (Å²) in [6, 6.07) is 14.6. The van der Waals surface area contributed by atoms with E-state index < -0.39 is 54.4 Å². The average Bonchev–Trinajstić information content (AvgIpc) is 2.90. The van der Waals surface area contributed by atoms with Gasteiger partial charge in [0, 0.05) is 40.5 Å². The van der Waals surface area contributed by atoms with Gasteiger partial charge in [0.05, 0.1) is 0 Å². The van der Waals surface area contributed by atoms with Gasteiger partial charge in [-0.3, -0.25) is 24.0 Å². The van der Waals surface area contributed by atoms with Crippen LogP contribution in [0.3, 0.4) is 0 Å². The van der Waals surface area contributed by atoms with Crippen molar-refractivity contribution in [3.8, 4) is 16.9 Å². The van der Waals surface area contributed by atoms with Gasteiger partial charge in [-0.05, 0) is 28.8 Å². The smallest absolute Gasteiger partial charge is 0.310 e. The zero-order valence-electron chi connectivity index (χ0n) is 23.6. The number of hydrogen-bond donors (Lipinski definition) is 0. The lowest BCUT2D eigenvalue weighted by atomic mass is 9.90. The molecule has 1 aliphatic heterocycles. The van der Waals surface area contributed by atoms with Gasteiger partial charge in [0.2, 0.25) is 0 Å². The van der Waals surface area contributed by atoms with Crippen LogP contribution < -0.4 is 4.74 Å². The first kappa shape index (κ1) is 31.3. The van der Waals surface area contributed by atoms with Crippen LogP contribution in [0.4, 0.5) is 0 Å². The Hall–Kier alpha value is -4.25. The number of carbonyl (C=O) groups excluding carboxylic acids is 5. The van der Waals surface area contributed by atoms with E-state index in [9.17, 15) is 24.0 Å². The minimum Gasteiger partial charge on any atom is -0.463 e. The zero-order chi connectivity index (χ0) is 30.1. The minimum atomic E-state index is -1.23. The van der Waals surface area contributed by atoms with Gasteiger partial charge in [0.15, 0.2) is 18.3 Å². The van der Waals surface area contributed by atoms with Crippen molar-refractivity contribution in [2.45, 2.75) is 78.0 Å². The monoisotopic (exact) mass is 570 g/mol. The third-order valence-corrected chi connectivity index (χ3v) is 6.14. The highest BCUT2D eigenvalue weighted by Crippen LogP contribution is 2.32. The van der Waals surface area contributed by atoms with Crippen molar-refractivity contribution < 1.29 is 52.4 Å². The minimum absolute atomic E-state index is 0.192. The van der Waals surface area contributed by atoms with Crippen LogP contribution in [0.15, 0.2) is 48.5 Å². The molecular formula is C30H34O11. The second kappa shape index (κ2) is 14.4. The van der Waals surface area contributed by atoms with Crippen molar-refractivity contribution in [2.24, 2.45) is 0 Å². The number of benzene rings is 2. The van der Waals surface area contributed by atoms with E-state index in [-0.39, 0.29) is 25.4 Å². The SMILES string of the molecule is CCC(=O)Oc1cccc(-c2cccc(C[C@H]3O[C@H](COC(C)=O)[C@@H](OC(C)=O)[C@H](OC(C)=O)[C@@H]3OC(C)=O)c2)c1. The van der Waals surface area contributed by atoms with Crippen LogP contribution in [0.2, 0.25) is 0 Å². The summed E-state index contributed by atoms with van der Waals surface area (Å²) in [4.78, 5) is 59.4. The fraction of sp³-hybridized carbons (Fsp3) is 0.433. The van der Waals surface area contributed by atoms with E-state index in [1.54, 1.807) is 25.1 Å². The van der Waals surface area contributed by atoms with E-state index in [1.165, 1.54) is 27.7 Å². The predicted octanol–water partition coefficient (Wildman–Crippen LogP) is 3.34. The van der Waals surface area contributed by atoms with Crippen molar-refractivity contribution in [3.63, 3.8) is 0 Å². The summed E-state index contributed by atoms with van der Waals surface area (Å²) in [6.07, 6.45) is -5.04. The summed E-state index contributed by atoms with van der Waals surface area (Å²) in [5.41, 5.74) is 2.40. The Labute approximate surface area is 238 Å². The molecule has 0 spiro atoms. The molecule has 5 atom stereocenters. The first-order valence-electron chi connectivity index (χ1n) is 13.2. The molecule has 2 aromatic carbocycles. The summed E-state index contributed by atoms with van der Waals surface area (Å²) in [5.74, 6) is -2.56. The molecule has 11 heteroatoms. The highest BCUT2D eigenvalue weighted by atomic mass is 16.7. The highest BCUT2D eigenvalue weighted by molar-refractivity contribution is 5.73. The molecule has 41 heavy (non-hydrogen) atoms. The maximum Gasteiger partial charge on any atom is 0.310 e. The lowest BCUT2D eigenvalue weighted by Crippen LogP contribution is -2.62. The Bertz CT molecular complexity index is 1270. The molecule has 0 N–H and O–H groups in total. The van der Waals surface area contributed by atoms with Gasteiger partial charge in [-0.25, -0.2) is 0 Å². The normalized spacial score (nSPS) is 21.7. The topological polar surface area (TPSA) is 141 Å². The molecule has 0 aromatic heterocycles. The van der Waals surface area contributed by atoms with Crippen molar-refractivity contribution in [3.05, 3.63) is 54.1 Å². The van der Waals surface area contributed by atoms with Gasteiger partial charge in [-0.1, -0.05) is 43.3 Å². The molecule has 0 aliphatic carbocycles. The summed E-state index contributed by atoms with van der Waals surface area (Å²) < 4.78 is 33.2. The molecule has 1 saturated heterocycles. The van der Waals surface area contributed by atoms with Crippen molar-refractivity contribution in [1.82, 2.24) is 0 Å². The molecule has 0 radical (unpaired) electrons. The summed E-state index contributed by atoms with van der Waals surface area (Å²) >= 11 is 0. The lowest BCUT2D eigenvalue weighted by molar-refractivity contribution is -0.252. The first-order valence-corrected chi connectivity index (χ1v) is 13.2. The van der Waals surface area contributed by atoms with Gasteiger partial charge in [-0.2, -0.15) is 0 Å². The average molecular weight is 571 g/mol. The van der Waals surface area contributed by atoms with Gasteiger partial charge >= 0.3 is 29.8 Å². The van der Waals surface area contributed by atoms with E-state index in [2.05, 4.69) is 0 Å². The number of ether oxygens (including phenoxy) is 6. The second-order valence-corrected chi connectivity index (χ2v) is 9.50. The van der Waals surface area contributed by atoms with Crippen molar-refractivity contribution in [2.75, 3.05) is 6.61 Å². The first-order chi connectivity index (χ1) is 19.5. The highest BCUT2D eigenvalue weighted by Gasteiger charge is 2.51. The Morgan fingerprint density at radius 2 is 1.27 bits per heavy atom. The van der Waals surface area contributed by atoms with E-state index in [0.717, 1.165) is 16.7 Å². The second-order valence-electron chi connectivity index (χ2n) is 9.50. The van der Waals surface area contributed by atoms with Crippen molar-refractivity contribution >= 4 is 29.8 Å². The van der Waals surface area contributed by atoms with Gasteiger partial charge in [0.1, 0.15) is 24.6 Å². The predicted molar refractivity (Wildman–Crippen MR) is 143 cm³/mol. The maximum absolute atomic E-state index is 12.1.